The minimum Gasteiger partial charge on any atom is -0.370 e. The van der Waals surface area contributed by atoms with E-state index in [9.17, 15) is 4.79 Å². The summed E-state index contributed by atoms with van der Waals surface area (Å²) < 4.78 is 0. The Kier molecular flexibility index (Phi) is 3.09. The molecule has 0 aromatic carbocycles. The van der Waals surface area contributed by atoms with Gasteiger partial charge in [0.05, 0.1) is 0 Å². The van der Waals surface area contributed by atoms with E-state index in [1.165, 1.54) is 12.8 Å². The maximum absolute atomic E-state index is 10.7. The number of amides is 1. The van der Waals surface area contributed by atoms with E-state index >= 15 is 0 Å². The van der Waals surface area contributed by atoms with Crippen molar-refractivity contribution in [2.75, 3.05) is 0 Å². The van der Waals surface area contributed by atoms with Gasteiger partial charge in [-0.2, -0.15) is 0 Å². The van der Waals surface area contributed by atoms with Crippen molar-refractivity contribution < 1.29 is 4.79 Å². The second-order valence-corrected chi connectivity index (χ2v) is 3.92. The zero-order valence-corrected chi connectivity index (χ0v) is 7.51. The van der Waals surface area contributed by atoms with Gasteiger partial charge in [0.2, 0.25) is 5.91 Å². The van der Waals surface area contributed by atoms with Gasteiger partial charge in [0.1, 0.15) is 0 Å². The molecule has 0 atom stereocenters. The van der Waals surface area contributed by atoms with Gasteiger partial charge in [-0.3, -0.25) is 4.79 Å². The maximum Gasteiger partial charge on any atom is 0.219 e. The van der Waals surface area contributed by atoms with Crippen LogP contribution in [0.25, 0.3) is 0 Å². The molecule has 70 valence electrons. The molecule has 12 heavy (non-hydrogen) atoms. The Labute approximate surface area is 73.5 Å². The molecule has 1 amide bonds. The molecule has 1 fully saturated rings. The minimum absolute atomic E-state index is 0.264. The molecule has 0 spiro atoms. The molecule has 3 heteroatoms. The normalized spacial score (nSPS) is 23.1. The Morgan fingerprint density at radius 2 is 1.67 bits per heavy atom. The van der Waals surface area contributed by atoms with E-state index in [0.29, 0.717) is 6.42 Å². The molecule has 1 rings (SSSR count). The molecule has 3 nitrogen and oxygen atoms in total. The standard InChI is InChI=1S/C9H18N2O/c10-8(12)7-9(11)5-3-1-2-4-6-9/h1-7,11H2,(H2,10,12). The number of nitrogens with two attached hydrogens (primary N) is 2. The summed E-state index contributed by atoms with van der Waals surface area (Å²) >= 11 is 0. The highest BCUT2D eigenvalue weighted by Crippen LogP contribution is 2.27. The third-order valence-electron chi connectivity index (χ3n) is 2.63. The van der Waals surface area contributed by atoms with Crippen molar-refractivity contribution in [1.29, 1.82) is 0 Å². The third-order valence-corrected chi connectivity index (χ3v) is 2.63. The van der Waals surface area contributed by atoms with Crippen LogP contribution in [0.3, 0.4) is 0 Å². The van der Waals surface area contributed by atoms with Gasteiger partial charge in [-0.15, -0.1) is 0 Å². The largest absolute Gasteiger partial charge is 0.370 e. The fourth-order valence-electron chi connectivity index (χ4n) is 1.96. The van der Waals surface area contributed by atoms with E-state index < -0.39 is 0 Å². The lowest BCUT2D eigenvalue weighted by atomic mass is 9.88. The molecule has 0 radical (unpaired) electrons. The molecule has 0 heterocycles. The highest BCUT2D eigenvalue weighted by molar-refractivity contribution is 5.75. The van der Waals surface area contributed by atoms with E-state index in [0.717, 1.165) is 25.7 Å². The van der Waals surface area contributed by atoms with Gasteiger partial charge in [-0.25, -0.2) is 0 Å². The van der Waals surface area contributed by atoms with Crippen molar-refractivity contribution in [3.8, 4) is 0 Å². The highest BCUT2D eigenvalue weighted by Gasteiger charge is 2.27. The Bertz CT molecular complexity index is 160. The van der Waals surface area contributed by atoms with Crippen LogP contribution >= 0.6 is 0 Å². The van der Waals surface area contributed by atoms with E-state index in [2.05, 4.69) is 0 Å². The number of hydrogen-bond acceptors (Lipinski definition) is 2. The number of carbonyl (C=O) groups is 1. The second-order valence-electron chi connectivity index (χ2n) is 3.92. The van der Waals surface area contributed by atoms with Gasteiger partial charge in [-0.1, -0.05) is 25.7 Å². The summed E-state index contributed by atoms with van der Waals surface area (Å²) in [7, 11) is 0. The molecule has 0 bridgehead atoms. The number of carbonyl (C=O) groups excluding carboxylic acids is 1. The van der Waals surface area contributed by atoms with Crippen molar-refractivity contribution in [3.63, 3.8) is 0 Å². The smallest absolute Gasteiger partial charge is 0.219 e. The minimum atomic E-state index is -0.289. The number of hydrogen-bond donors (Lipinski definition) is 2. The van der Waals surface area contributed by atoms with Gasteiger partial charge >= 0.3 is 0 Å². The molecule has 0 unspecified atom stereocenters. The van der Waals surface area contributed by atoms with Crippen molar-refractivity contribution in [3.05, 3.63) is 0 Å². The number of rotatable bonds is 2. The number of primary amides is 1. The van der Waals surface area contributed by atoms with E-state index in [-0.39, 0.29) is 11.4 Å². The molecular formula is C9H18N2O. The molecule has 0 saturated heterocycles. The summed E-state index contributed by atoms with van der Waals surface area (Å²) in [4.78, 5) is 10.7. The van der Waals surface area contributed by atoms with Crippen LogP contribution in [0, 0.1) is 0 Å². The Hall–Kier alpha value is -0.570. The molecule has 0 aromatic heterocycles. The SMILES string of the molecule is NC(=O)CC1(N)CCCCCC1. The summed E-state index contributed by atoms with van der Waals surface area (Å²) in [6, 6.07) is 0. The van der Waals surface area contributed by atoms with Crippen molar-refractivity contribution >= 4 is 5.91 Å². The first-order valence-corrected chi connectivity index (χ1v) is 4.70. The monoisotopic (exact) mass is 170 g/mol. The summed E-state index contributed by atoms with van der Waals surface area (Å²) in [5.41, 5.74) is 10.9. The average molecular weight is 170 g/mol. The van der Waals surface area contributed by atoms with Crippen LogP contribution < -0.4 is 11.5 Å². The first kappa shape index (κ1) is 9.52. The van der Waals surface area contributed by atoms with Gasteiger partial charge in [0.15, 0.2) is 0 Å². The van der Waals surface area contributed by atoms with Crippen LogP contribution in [0.1, 0.15) is 44.9 Å². The van der Waals surface area contributed by atoms with Gasteiger partial charge in [-0.05, 0) is 12.8 Å². The summed E-state index contributed by atoms with van der Waals surface area (Å²) in [5, 5.41) is 0. The summed E-state index contributed by atoms with van der Waals surface area (Å²) in [5.74, 6) is -0.264. The van der Waals surface area contributed by atoms with E-state index in [1.54, 1.807) is 0 Å². The average Bonchev–Trinajstić information content (AvgIpc) is 2.12. The zero-order valence-electron chi connectivity index (χ0n) is 7.51. The Balaban J connectivity index is 2.48. The first-order valence-electron chi connectivity index (χ1n) is 4.70. The van der Waals surface area contributed by atoms with Crippen LogP contribution in [0.15, 0.2) is 0 Å². The van der Waals surface area contributed by atoms with Gasteiger partial charge in [0.25, 0.3) is 0 Å². The predicted molar refractivity (Wildman–Crippen MR) is 48.4 cm³/mol. The second kappa shape index (κ2) is 3.90. The summed E-state index contributed by atoms with van der Waals surface area (Å²) in [6.45, 7) is 0. The maximum atomic E-state index is 10.7. The van der Waals surface area contributed by atoms with Crippen molar-refractivity contribution in [2.45, 2.75) is 50.5 Å². The Morgan fingerprint density at radius 1 is 1.17 bits per heavy atom. The third kappa shape index (κ3) is 2.81. The van der Waals surface area contributed by atoms with Crippen LogP contribution in [0.2, 0.25) is 0 Å². The molecular weight excluding hydrogens is 152 g/mol. The lowest BCUT2D eigenvalue weighted by molar-refractivity contribution is -0.119. The molecule has 1 aliphatic rings. The molecule has 0 aliphatic heterocycles. The molecule has 1 aliphatic carbocycles. The lowest BCUT2D eigenvalue weighted by Crippen LogP contribution is -2.42. The summed E-state index contributed by atoms with van der Waals surface area (Å²) in [6.07, 6.45) is 7.04. The highest BCUT2D eigenvalue weighted by atomic mass is 16.1. The first-order chi connectivity index (χ1) is 5.62. The Morgan fingerprint density at radius 3 is 2.08 bits per heavy atom. The van der Waals surface area contributed by atoms with Crippen LogP contribution in [-0.2, 0) is 4.79 Å². The lowest BCUT2D eigenvalue weighted by Gasteiger charge is -2.26. The predicted octanol–water partition coefficient (Wildman–Crippen LogP) is 0.913. The van der Waals surface area contributed by atoms with Crippen LogP contribution in [0.5, 0.6) is 0 Å². The van der Waals surface area contributed by atoms with E-state index in [1.807, 2.05) is 0 Å². The zero-order chi connectivity index (χ0) is 9.03. The van der Waals surface area contributed by atoms with Crippen LogP contribution in [0.4, 0.5) is 0 Å². The van der Waals surface area contributed by atoms with Crippen LogP contribution in [-0.4, -0.2) is 11.4 Å². The topological polar surface area (TPSA) is 69.1 Å². The van der Waals surface area contributed by atoms with Crippen molar-refractivity contribution in [2.24, 2.45) is 11.5 Å². The van der Waals surface area contributed by atoms with Gasteiger partial charge < -0.3 is 11.5 Å². The molecule has 4 N–H and O–H groups in total. The van der Waals surface area contributed by atoms with Crippen molar-refractivity contribution in [1.82, 2.24) is 0 Å². The van der Waals surface area contributed by atoms with E-state index in [4.69, 9.17) is 11.5 Å². The molecule has 1 saturated carbocycles. The van der Waals surface area contributed by atoms with Gasteiger partial charge in [0, 0.05) is 12.0 Å². The quantitative estimate of drug-likeness (QED) is 0.605. The molecule has 0 aromatic rings. The fourth-order valence-corrected chi connectivity index (χ4v) is 1.96. The fraction of sp³-hybridized carbons (Fsp3) is 0.889.